The van der Waals surface area contributed by atoms with Crippen molar-refractivity contribution in [2.75, 3.05) is 23.7 Å². The Bertz CT molecular complexity index is 1040. The van der Waals surface area contributed by atoms with Crippen molar-refractivity contribution in [1.82, 2.24) is 9.88 Å². The number of thiazole rings is 1. The van der Waals surface area contributed by atoms with Crippen molar-refractivity contribution in [3.8, 4) is 0 Å². The molecule has 7 nitrogen and oxygen atoms in total. The molecule has 8 heteroatoms. The maximum atomic E-state index is 12.5. The molecule has 150 valence electrons. The molecule has 4 rings (SSSR count). The third kappa shape index (κ3) is 4.55. The molecule has 2 N–H and O–H groups in total. The number of carbonyl (C=O) groups is 2. The number of aryl methyl sites for hydroxylation is 2. The van der Waals surface area contributed by atoms with Crippen molar-refractivity contribution in [3.63, 3.8) is 0 Å². The summed E-state index contributed by atoms with van der Waals surface area (Å²) >= 11 is 1.45. The highest BCUT2D eigenvalue weighted by molar-refractivity contribution is 7.15. The summed E-state index contributed by atoms with van der Waals surface area (Å²) in [5, 5.41) is 6.38. The van der Waals surface area contributed by atoms with Crippen molar-refractivity contribution >= 4 is 34.0 Å². The number of rotatable bonds is 5. The number of aromatic nitrogens is 1. The second kappa shape index (κ2) is 8.18. The predicted molar refractivity (Wildman–Crippen MR) is 112 cm³/mol. The number of furan rings is 1. The van der Waals surface area contributed by atoms with Gasteiger partial charge in [0.1, 0.15) is 6.26 Å². The summed E-state index contributed by atoms with van der Waals surface area (Å²) in [6.45, 7) is 5.75. The van der Waals surface area contributed by atoms with E-state index < -0.39 is 0 Å². The number of nitrogens with one attached hydrogen (secondary N) is 2. The van der Waals surface area contributed by atoms with Crippen molar-refractivity contribution in [2.24, 2.45) is 0 Å². The molecule has 1 aromatic carbocycles. The maximum Gasteiger partial charge on any atom is 0.260 e. The molecule has 2 amide bonds. The zero-order valence-electron chi connectivity index (χ0n) is 16.3. The van der Waals surface area contributed by atoms with Crippen LogP contribution in [0.5, 0.6) is 0 Å². The third-order valence-corrected chi connectivity index (χ3v) is 5.84. The molecule has 1 aliphatic rings. The zero-order valence-corrected chi connectivity index (χ0v) is 17.1. The van der Waals surface area contributed by atoms with E-state index in [-0.39, 0.29) is 11.8 Å². The summed E-state index contributed by atoms with van der Waals surface area (Å²) < 4.78 is 4.94. The van der Waals surface area contributed by atoms with E-state index in [1.54, 1.807) is 6.07 Å². The van der Waals surface area contributed by atoms with E-state index in [9.17, 15) is 9.59 Å². The average molecular weight is 410 g/mol. The minimum absolute atomic E-state index is 0.0293. The van der Waals surface area contributed by atoms with Crippen molar-refractivity contribution < 1.29 is 14.0 Å². The smallest absolute Gasteiger partial charge is 0.260 e. The van der Waals surface area contributed by atoms with E-state index in [4.69, 9.17) is 4.42 Å². The Kier molecular flexibility index (Phi) is 5.46. The lowest BCUT2D eigenvalue weighted by Gasteiger charge is -2.25. The van der Waals surface area contributed by atoms with Gasteiger partial charge in [-0.25, -0.2) is 4.98 Å². The van der Waals surface area contributed by atoms with Crippen LogP contribution in [-0.4, -0.2) is 34.8 Å². The Balaban J connectivity index is 1.35. The molecule has 1 aliphatic heterocycles. The molecule has 3 aromatic rings. The molecule has 0 saturated carbocycles. The fourth-order valence-electron chi connectivity index (χ4n) is 3.35. The van der Waals surface area contributed by atoms with E-state index in [1.807, 2.05) is 26.0 Å². The van der Waals surface area contributed by atoms with Crippen LogP contribution in [0.25, 0.3) is 0 Å². The molecule has 3 heterocycles. The van der Waals surface area contributed by atoms with Crippen LogP contribution in [0.2, 0.25) is 0 Å². The molecule has 2 aromatic heterocycles. The van der Waals surface area contributed by atoms with Gasteiger partial charge in [-0.3, -0.25) is 19.8 Å². The van der Waals surface area contributed by atoms with Gasteiger partial charge in [0.25, 0.3) is 5.91 Å². The van der Waals surface area contributed by atoms with Crippen LogP contribution in [0.4, 0.5) is 10.8 Å². The summed E-state index contributed by atoms with van der Waals surface area (Å²) in [6.07, 6.45) is 3.62. The van der Waals surface area contributed by atoms with Gasteiger partial charge < -0.3 is 9.73 Å². The van der Waals surface area contributed by atoms with Crippen LogP contribution in [0.1, 0.15) is 32.1 Å². The predicted octanol–water partition coefficient (Wildman–Crippen LogP) is 3.60. The topological polar surface area (TPSA) is 87.5 Å². The largest absolute Gasteiger partial charge is 0.472 e. The monoisotopic (exact) mass is 410 g/mol. The van der Waals surface area contributed by atoms with E-state index >= 15 is 0 Å². The van der Waals surface area contributed by atoms with Crippen LogP contribution in [-0.2, 0) is 17.8 Å². The summed E-state index contributed by atoms with van der Waals surface area (Å²) in [5.74, 6) is -0.270. The number of amides is 2. The van der Waals surface area contributed by atoms with Gasteiger partial charge >= 0.3 is 0 Å². The number of carbonyl (C=O) groups excluding carboxylic acids is 2. The van der Waals surface area contributed by atoms with E-state index in [0.717, 1.165) is 34.8 Å². The first kappa shape index (κ1) is 19.4. The number of nitrogens with zero attached hydrogens (tertiary/aromatic N) is 2. The van der Waals surface area contributed by atoms with Crippen LogP contribution in [0.15, 0.2) is 41.2 Å². The van der Waals surface area contributed by atoms with Gasteiger partial charge in [-0.15, -0.1) is 11.3 Å². The minimum atomic E-state index is -0.241. The van der Waals surface area contributed by atoms with Gasteiger partial charge in [-0.2, -0.15) is 0 Å². The van der Waals surface area contributed by atoms with Gasteiger partial charge in [0, 0.05) is 30.1 Å². The molecule has 0 bridgehead atoms. The standard InChI is InChI=1S/C21H22N4O3S/c1-13-3-4-16(14(2)9-13)22-19(26)11-25-7-5-17-18(10-25)29-21(23-17)24-20(27)15-6-8-28-12-15/h3-4,6,8-9,12H,5,7,10-11H2,1-2H3,(H,22,26)(H,23,24,27). The molecule has 0 unspecified atom stereocenters. The Morgan fingerprint density at radius 1 is 1.24 bits per heavy atom. The van der Waals surface area contributed by atoms with Crippen LogP contribution < -0.4 is 10.6 Å². The van der Waals surface area contributed by atoms with Gasteiger partial charge in [-0.05, 0) is 31.5 Å². The molecular formula is C21H22N4O3S. The number of hydrogen-bond acceptors (Lipinski definition) is 6. The summed E-state index contributed by atoms with van der Waals surface area (Å²) in [6, 6.07) is 7.60. The molecule has 0 saturated heterocycles. The van der Waals surface area contributed by atoms with Gasteiger partial charge in [0.05, 0.1) is 24.1 Å². The number of fused-ring (bicyclic) bond motifs is 1. The zero-order chi connectivity index (χ0) is 20.4. The normalized spacial score (nSPS) is 13.7. The highest BCUT2D eigenvalue weighted by Crippen LogP contribution is 2.28. The first-order valence-electron chi connectivity index (χ1n) is 9.39. The Morgan fingerprint density at radius 3 is 2.86 bits per heavy atom. The van der Waals surface area contributed by atoms with Crippen LogP contribution in [0.3, 0.4) is 0 Å². The van der Waals surface area contributed by atoms with E-state index in [1.165, 1.54) is 29.4 Å². The van der Waals surface area contributed by atoms with Crippen molar-refractivity contribution in [1.29, 1.82) is 0 Å². The number of hydrogen-bond donors (Lipinski definition) is 2. The third-order valence-electron chi connectivity index (χ3n) is 4.84. The van der Waals surface area contributed by atoms with E-state index in [0.29, 0.717) is 23.8 Å². The fraction of sp³-hybridized carbons (Fsp3) is 0.286. The second-order valence-corrected chi connectivity index (χ2v) is 8.27. The summed E-state index contributed by atoms with van der Waals surface area (Å²) in [7, 11) is 0. The molecule has 0 fully saturated rings. The number of anilines is 2. The van der Waals surface area contributed by atoms with Gasteiger partial charge in [0.2, 0.25) is 5.91 Å². The highest BCUT2D eigenvalue weighted by atomic mass is 32.1. The number of benzene rings is 1. The lowest BCUT2D eigenvalue weighted by Crippen LogP contribution is -2.36. The van der Waals surface area contributed by atoms with Gasteiger partial charge in [-0.1, -0.05) is 17.7 Å². The Morgan fingerprint density at radius 2 is 2.10 bits per heavy atom. The molecule has 0 spiro atoms. The van der Waals surface area contributed by atoms with Crippen molar-refractivity contribution in [3.05, 3.63) is 64.1 Å². The second-order valence-electron chi connectivity index (χ2n) is 7.18. The summed E-state index contributed by atoms with van der Waals surface area (Å²) in [5.41, 5.74) is 4.52. The summed E-state index contributed by atoms with van der Waals surface area (Å²) in [4.78, 5) is 32.3. The Labute approximate surface area is 172 Å². The molecule has 0 aliphatic carbocycles. The van der Waals surface area contributed by atoms with E-state index in [2.05, 4.69) is 26.6 Å². The lowest BCUT2D eigenvalue weighted by atomic mass is 10.1. The average Bonchev–Trinajstić information content (AvgIpc) is 3.33. The maximum absolute atomic E-state index is 12.5. The molecule has 0 atom stereocenters. The molecular weight excluding hydrogens is 388 g/mol. The highest BCUT2D eigenvalue weighted by Gasteiger charge is 2.23. The van der Waals surface area contributed by atoms with Gasteiger partial charge in [0.15, 0.2) is 5.13 Å². The minimum Gasteiger partial charge on any atom is -0.472 e. The quantitative estimate of drug-likeness (QED) is 0.671. The first-order chi connectivity index (χ1) is 14.0. The molecule has 29 heavy (non-hydrogen) atoms. The van der Waals surface area contributed by atoms with Crippen LogP contribution in [0, 0.1) is 13.8 Å². The van der Waals surface area contributed by atoms with Crippen molar-refractivity contribution in [2.45, 2.75) is 26.8 Å². The first-order valence-corrected chi connectivity index (χ1v) is 10.2. The van der Waals surface area contributed by atoms with Crippen LogP contribution >= 0.6 is 11.3 Å². The lowest BCUT2D eigenvalue weighted by molar-refractivity contribution is -0.117. The molecule has 0 radical (unpaired) electrons. The SMILES string of the molecule is Cc1ccc(NC(=O)CN2CCc3nc(NC(=O)c4ccoc4)sc3C2)c(C)c1. The fourth-order valence-corrected chi connectivity index (χ4v) is 4.39. The Hall–Kier alpha value is -2.97.